The largest absolute Gasteiger partial charge is 0.454 e. The highest BCUT2D eigenvalue weighted by Crippen LogP contribution is 2.23. The van der Waals surface area contributed by atoms with Crippen LogP contribution in [-0.2, 0) is 13.1 Å². The van der Waals surface area contributed by atoms with E-state index in [9.17, 15) is 0 Å². The first-order valence-corrected chi connectivity index (χ1v) is 6.73. The van der Waals surface area contributed by atoms with Crippen molar-refractivity contribution in [3.05, 3.63) is 41.7 Å². The van der Waals surface area contributed by atoms with Crippen molar-refractivity contribution in [2.45, 2.75) is 33.9 Å². The molecule has 0 fully saturated rings. The van der Waals surface area contributed by atoms with Crippen LogP contribution in [0.3, 0.4) is 0 Å². The Kier molecular flexibility index (Phi) is 4.58. The molecule has 0 atom stereocenters. The summed E-state index contributed by atoms with van der Waals surface area (Å²) in [6.45, 7) is 9.00. The molecule has 0 aliphatic rings. The van der Waals surface area contributed by atoms with Gasteiger partial charge in [-0.3, -0.25) is 4.68 Å². The Balaban J connectivity index is 2.06. The molecule has 1 aromatic carbocycles. The molecule has 0 radical (unpaired) electrons. The quantitative estimate of drug-likeness (QED) is 0.866. The highest BCUT2D eigenvalue weighted by molar-refractivity contribution is 5.37. The maximum absolute atomic E-state index is 5.80. The van der Waals surface area contributed by atoms with Crippen LogP contribution in [0.2, 0.25) is 0 Å². The maximum Gasteiger partial charge on any atom is 0.165 e. The van der Waals surface area contributed by atoms with E-state index in [1.165, 1.54) is 11.1 Å². The zero-order valence-corrected chi connectivity index (χ0v) is 11.8. The molecule has 2 aromatic rings. The lowest BCUT2D eigenvalue weighted by atomic mass is 10.1. The van der Waals surface area contributed by atoms with Crippen LogP contribution in [0, 0.1) is 6.92 Å². The van der Waals surface area contributed by atoms with Crippen molar-refractivity contribution in [2.24, 2.45) is 0 Å². The van der Waals surface area contributed by atoms with Gasteiger partial charge in [-0.1, -0.05) is 13.0 Å². The van der Waals surface area contributed by atoms with Gasteiger partial charge in [-0.05, 0) is 43.7 Å². The fourth-order valence-electron chi connectivity index (χ4n) is 1.90. The van der Waals surface area contributed by atoms with E-state index in [0.29, 0.717) is 0 Å². The van der Waals surface area contributed by atoms with Crippen molar-refractivity contribution in [2.75, 3.05) is 6.54 Å². The van der Waals surface area contributed by atoms with Gasteiger partial charge in [-0.25, -0.2) is 0 Å². The van der Waals surface area contributed by atoms with Crippen LogP contribution in [0.25, 0.3) is 0 Å². The number of aryl methyl sites for hydroxylation is 2. The minimum atomic E-state index is 0.778. The molecule has 1 aromatic heterocycles. The van der Waals surface area contributed by atoms with E-state index in [2.05, 4.69) is 43.3 Å². The highest BCUT2D eigenvalue weighted by Gasteiger charge is 2.03. The van der Waals surface area contributed by atoms with Gasteiger partial charge in [0.05, 0.1) is 12.4 Å². The minimum absolute atomic E-state index is 0.778. The second-order valence-corrected chi connectivity index (χ2v) is 4.50. The zero-order chi connectivity index (χ0) is 13.7. The van der Waals surface area contributed by atoms with Crippen molar-refractivity contribution in [1.82, 2.24) is 15.1 Å². The first-order valence-electron chi connectivity index (χ1n) is 6.73. The van der Waals surface area contributed by atoms with Crippen LogP contribution >= 0.6 is 0 Å². The molecule has 0 saturated carbocycles. The Bertz CT molecular complexity index is 534. The van der Waals surface area contributed by atoms with Crippen molar-refractivity contribution in [1.29, 1.82) is 0 Å². The number of nitrogens with zero attached hydrogens (tertiary/aromatic N) is 2. The summed E-state index contributed by atoms with van der Waals surface area (Å²) >= 11 is 0. The Labute approximate surface area is 114 Å². The Hall–Kier alpha value is -1.81. The number of ether oxygens (including phenoxy) is 1. The lowest BCUT2D eigenvalue weighted by Crippen LogP contribution is -2.12. The Morgan fingerprint density at radius 3 is 2.74 bits per heavy atom. The first-order chi connectivity index (χ1) is 9.22. The van der Waals surface area contributed by atoms with Crippen LogP contribution in [0.1, 0.15) is 25.0 Å². The van der Waals surface area contributed by atoms with Gasteiger partial charge >= 0.3 is 0 Å². The average Bonchev–Trinajstić information content (AvgIpc) is 2.85. The third kappa shape index (κ3) is 3.58. The van der Waals surface area contributed by atoms with Gasteiger partial charge in [0.15, 0.2) is 5.75 Å². The summed E-state index contributed by atoms with van der Waals surface area (Å²) in [6.07, 6.45) is 3.65. The molecule has 0 aliphatic carbocycles. The molecule has 0 saturated heterocycles. The van der Waals surface area contributed by atoms with Crippen molar-refractivity contribution >= 4 is 0 Å². The molecular formula is C15H21N3O. The van der Waals surface area contributed by atoms with E-state index in [1.807, 2.05) is 16.9 Å². The van der Waals surface area contributed by atoms with E-state index >= 15 is 0 Å². The molecule has 0 bridgehead atoms. The number of hydrogen-bond donors (Lipinski definition) is 1. The molecule has 0 aliphatic heterocycles. The highest BCUT2D eigenvalue weighted by atomic mass is 16.5. The van der Waals surface area contributed by atoms with Crippen LogP contribution < -0.4 is 10.1 Å². The van der Waals surface area contributed by atoms with E-state index in [1.54, 1.807) is 6.20 Å². The number of rotatable bonds is 6. The molecule has 2 rings (SSSR count). The summed E-state index contributed by atoms with van der Waals surface area (Å²) in [5.74, 6) is 1.63. The summed E-state index contributed by atoms with van der Waals surface area (Å²) in [5, 5.41) is 7.52. The minimum Gasteiger partial charge on any atom is -0.454 e. The molecule has 1 heterocycles. The van der Waals surface area contributed by atoms with Gasteiger partial charge < -0.3 is 10.1 Å². The lowest BCUT2D eigenvalue weighted by Gasteiger charge is -2.09. The van der Waals surface area contributed by atoms with E-state index < -0.39 is 0 Å². The molecule has 19 heavy (non-hydrogen) atoms. The summed E-state index contributed by atoms with van der Waals surface area (Å²) in [6, 6.07) is 6.18. The molecule has 4 nitrogen and oxygen atoms in total. The Morgan fingerprint density at radius 1 is 1.26 bits per heavy atom. The smallest absolute Gasteiger partial charge is 0.165 e. The molecule has 4 heteroatoms. The van der Waals surface area contributed by atoms with Crippen LogP contribution in [-0.4, -0.2) is 16.3 Å². The van der Waals surface area contributed by atoms with Crippen molar-refractivity contribution in [3.63, 3.8) is 0 Å². The summed E-state index contributed by atoms with van der Waals surface area (Å²) in [4.78, 5) is 0. The molecule has 0 unspecified atom stereocenters. The van der Waals surface area contributed by atoms with Crippen molar-refractivity contribution in [3.8, 4) is 11.5 Å². The van der Waals surface area contributed by atoms with E-state index in [4.69, 9.17) is 4.74 Å². The van der Waals surface area contributed by atoms with Gasteiger partial charge in [0.2, 0.25) is 0 Å². The molecular weight excluding hydrogens is 238 g/mol. The third-order valence-electron chi connectivity index (χ3n) is 3.05. The monoisotopic (exact) mass is 259 g/mol. The predicted octanol–water partition coefficient (Wildman–Crippen LogP) is 3.11. The first kappa shape index (κ1) is 13.6. The van der Waals surface area contributed by atoms with Gasteiger partial charge in [-0.2, -0.15) is 5.10 Å². The third-order valence-corrected chi connectivity index (χ3v) is 3.05. The summed E-state index contributed by atoms with van der Waals surface area (Å²) in [7, 11) is 0. The molecule has 102 valence electrons. The van der Waals surface area contributed by atoms with Crippen LogP contribution in [0.15, 0.2) is 30.6 Å². The fourth-order valence-corrected chi connectivity index (χ4v) is 1.90. The van der Waals surface area contributed by atoms with E-state index in [0.717, 1.165) is 31.1 Å². The normalized spacial score (nSPS) is 10.7. The standard InChI is InChI=1S/C15H21N3O/c1-4-16-9-13-6-7-14(8-12(13)3)19-15-10-17-18(5-2)11-15/h6-8,10-11,16H,4-5,9H2,1-3H3. The number of nitrogens with one attached hydrogen (secondary N) is 1. The van der Waals surface area contributed by atoms with Gasteiger partial charge in [-0.15, -0.1) is 0 Å². The van der Waals surface area contributed by atoms with E-state index in [-0.39, 0.29) is 0 Å². The maximum atomic E-state index is 5.80. The van der Waals surface area contributed by atoms with Gasteiger partial charge in [0.1, 0.15) is 5.75 Å². The summed E-state index contributed by atoms with van der Waals surface area (Å²) < 4.78 is 7.65. The second-order valence-electron chi connectivity index (χ2n) is 4.50. The second kappa shape index (κ2) is 6.38. The van der Waals surface area contributed by atoms with Crippen LogP contribution in [0.4, 0.5) is 0 Å². The van der Waals surface area contributed by atoms with Gasteiger partial charge in [0.25, 0.3) is 0 Å². The lowest BCUT2D eigenvalue weighted by molar-refractivity contribution is 0.480. The molecule has 0 amide bonds. The van der Waals surface area contributed by atoms with Gasteiger partial charge in [0, 0.05) is 13.1 Å². The summed E-state index contributed by atoms with van der Waals surface area (Å²) in [5.41, 5.74) is 2.54. The number of hydrogen-bond acceptors (Lipinski definition) is 3. The molecule has 1 N–H and O–H groups in total. The Morgan fingerprint density at radius 2 is 2.11 bits per heavy atom. The fraction of sp³-hybridized carbons (Fsp3) is 0.400. The molecule has 0 spiro atoms. The number of benzene rings is 1. The predicted molar refractivity (Wildman–Crippen MR) is 76.5 cm³/mol. The topological polar surface area (TPSA) is 39.1 Å². The number of aromatic nitrogens is 2. The van der Waals surface area contributed by atoms with Crippen LogP contribution in [0.5, 0.6) is 11.5 Å². The SMILES string of the molecule is CCNCc1ccc(Oc2cnn(CC)c2)cc1C. The average molecular weight is 259 g/mol. The zero-order valence-electron chi connectivity index (χ0n) is 11.8. The van der Waals surface area contributed by atoms with Crippen molar-refractivity contribution < 1.29 is 4.74 Å².